The largest absolute Gasteiger partial charge is 0.437 e. The SMILES string of the molecule is N#C/C(=C/c1c(Oc2ccc(Cl)cc2Cl)nc2ccccn2c1=O)C(=O)Nc1cccc(Br)c1. The molecule has 0 saturated carbocycles. The lowest BCUT2D eigenvalue weighted by Crippen LogP contribution is -2.20. The first-order chi connectivity index (χ1) is 16.4. The number of nitrogens with one attached hydrogen (secondary N) is 1. The van der Waals surface area contributed by atoms with Gasteiger partial charge in [0.2, 0.25) is 5.88 Å². The Morgan fingerprint density at radius 2 is 1.97 bits per heavy atom. The number of aromatic nitrogens is 2. The van der Waals surface area contributed by atoms with Crippen LogP contribution in [-0.2, 0) is 4.79 Å². The fourth-order valence-corrected chi connectivity index (χ4v) is 3.85. The molecule has 0 saturated heterocycles. The van der Waals surface area contributed by atoms with Crippen LogP contribution in [0.1, 0.15) is 5.56 Å². The number of pyridine rings is 1. The van der Waals surface area contributed by atoms with Crippen molar-refractivity contribution in [2.75, 3.05) is 5.32 Å². The molecule has 0 fully saturated rings. The first kappa shape index (κ1) is 23.5. The predicted molar refractivity (Wildman–Crippen MR) is 134 cm³/mol. The van der Waals surface area contributed by atoms with Crippen LogP contribution in [0.15, 0.2) is 81.7 Å². The third-order valence-corrected chi connectivity index (χ3v) is 5.59. The molecule has 168 valence electrons. The number of rotatable bonds is 5. The van der Waals surface area contributed by atoms with Crippen molar-refractivity contribution in [3.05, 3.63) is 103 Å². The van der Waals surface area contributed by atoms with Gasteiger partial charge in [0.15, 0.2) is 0 Å². The van der Waals surface area contributed by atoms with E-state index in [1.54, 1.807) is 48.5 Å². The lowest BCUT2D eigenvalue weighted by molar-refractivity contribution is -0.112. The van der Waals surface area contributed by atoms with Gasteiger partial charge in [0.25, 0.3) is 11.5 Å². The van der Waals surface area contributed by atoms with Crippen molar-refractivity contribution >= 4 is 62.4 Å². The average Bonchev–Trinajstić information content (AvgIpc) is 2.81. The van der Waals surface area contributed by atoms with E-state index in [1.807, 2.05) is 6.07 Å². The summed E-state index contributed by atoms with van der Waals surface area (Å²) in [5, 5.41) is 12.9. The smallest absolute Gasteiger partial charge is 0.269 e. The van der Waals surface area contributed by atoms with Crippen molar-refractivity contribution in [3.63, 3.8) is 0 Å². The number of halogens is 3. The van der Waals surface area contributed by atoms with Crippen molar-refractivity contribution in [3.8, 4) is 17.7 Å². The second-order valence-corrected chi connectivity index (χ2v) is 8.64. The van der Waals surface area contributed by atoms with Gasteiger partial charge >= 0.3 is 0 Å². The van der Waals surface area contributed by atoms with Crippen LogP contribution >= 0.6 is 39.1 Å². The Balaban J connectivity index is 1.82. The highest BCUT2D eigenvalue weighted by Crippen LogP contribution is 2.32. The summed E-state index contributed by atoms with van der Waals surface area (Å²) in [4.78, 5) is 30.4. The molecule has 34 heavy (non-hydrogen) atoms. The zero-order chi connectivity index (χ0) is 24.2. The highest BCUT2D eigenvalue weighted by Gasteiger charge is 2.18. The van der Waals surface area contributed by atoms with Crippen molar-refractivity contribution in [1.82, 2.24) is 9.38 Å². The van der Waals surface area contributed by atoms with Gasteiger partial charge in [0, 0.05) is 21.4 Å². The summed E-state index contributed by atoms with van der Waals surface area (Å²) >= 11 is 15.5. The lowest BCUT2D eigenvalue weighted by atomic mass is 10.1. The van der Waals surface area contributed by atoms with E-state index in [0.717, 1.165) is 10.5 Å². The van der Waals surface area contributed by atoms with Crippen LogP contribution in [0.25, 0.3) is 11.7 Å². The van der Waals surface area contributed by atoms with Crippen molar-refractivity contribution in [2.24, 2.45) is 0 Å². The van der Waals surface area contributed by atoms with Gasteiger partial charge < -0.3 is 10.1 Å². The van der Waals surface area contributed by atoms with E-state index in [1.165, 1.54) is 22.7 Å². The molecule has 2 aromatic heterocycles. The maximum Gasteiger partial charge on any atom is 0.269 e. The molecule has 0 atom stereocenters. The third-order valence-electron chi connectivity index (χ3n) is 4.57. The molecular weight excluding hydrogens is 543 g/mol. The molecule has 1 amide bonds. The van der Waals surface area contributed by atoms with E-state index in [0.29, 0.717) is 16.4 Å². The normalized spacial score (nSPS) is 11.2. The maximum absolute atomic E-state index is 13.3. The van der Waals surface area contributed by atoms with Crippen LogP contribution in [0.5, 0.6) is 11.6 Å². The average molecular weight is 556 g/mol. The Hall–Kier alpha value is -3.64. The first-order valence-corrected chi connectivity index (χ1v) is 11.2. The summed E-state index contributed by atoms with van der Waals surface area (Å²) in [5.74, 6) is -0.623. The number of carbonyl (C=O) groups is 1. The van der Waals surface area contributed by atoms with Gasteiger partial charge in [-0.3, -0.25) is 14.0 Å². The monoisotopic (exact) mass is 554 g/mol. The van der Waals surface area contributed by atoms with Gasteiger partial charge in [-0.15, -0.1) is 0 Å². The summed E-state index contributed by atoms with van der Waals surface area (Å²) in [7, 11) is 0. The van der Waals surface area contributed by atoms with E-state index in [-0.39, 0.29) is 27.8 Å². The molecule has 0 aliphatic carbocycles. The summed E-state index contributed by atoms with van der Waals surface area (Å²) in [6, 6.07) is 18.3. The highest BCUT2D eigenvalue weighted by molar-refractivity contribution is 9.10. The topological polar surface area (TPSA) is 96.5 Å². The molecule has 0 radical (unpaired) electrons. The number of hydrogen-bond acceptors (Lipinski definition) is 5. The quantitative estimate of drug-likeness (QED) is 0.237. The Labute approximate surface area is 212 Å². The van der Waals surface area contributed by atoms with Gasteiger partial charge in [-0.05, 0) is 54.6 Å². The van der Waals surface area contributed by atoms with E-state index in [9.17, 15) is 14.9 Å². The Morgan fingerprint density at radius 3 is 2.71 bits per heavy atom. The number of nitriles is 1. The van der Waals surface area contributed by atoms with Gasteiger partial charge in [0.1, 0.15) is 28.6 Å². The molecule has 0 spiro atoms. The summed E-state index contributed by atoms with van der Waals surface area (Å²) < 4.78 is 7.87. The van der Waals surface area contributed by atoms with Crippen LogP contribution < -0.4 is 15.6 Å². The number of ether oxygens (including phenoxy) is 1. The molecule has 0 bridgehead atoms. The van der Waals surface area contributed by atoms with Crippen molar-refractivity contribution in [1.29, 1.82) is 5.26 Å². The van der Waals surface area contributed by atoms with Crippen LogP contribution in [0.3, 0.4) is 0 Å². The Morgan fingerprint density at radius 1 is 1.15 bits per heavy atom. The fourth-order valence-electron chi connectivity index (χ4n) is 3.00. The fraction of sp³-hybridized carbons (Fsp3) is 0. The van der Waals surface area contributed by atoms with Crippen LogP contribution in [-0.4, -0.2) is 15.3 Å². The van der Waals surface area contributed by atoms with Gasteiger partial charge in [-0.25, -0.2) is 0 Å². The zero-order valence-electron chi connectivity index (χ0n) is 17.1. The number of benzene rings is 2. The Bertz CT molecular complexity index is 1560. The van der Waals surface area contributed by atoms with Crippen LogP contribution in [0.2, 0.25) is 10.0 Å². The number of nitrogens with zero attached hydrogens (tertiary/aromatic N) is 3. The molecule has 4 rings (SSSR count). The number of hydrogen-bond donors (Lipinski definition) is 1. The predicted octanol–water partition coefficient (Wildman–Crippen LogP) is 6.10. The summed E-state index contributed by atoms with van der Waals surface area (Å²) in [5.41, 5.74) is -0.175. The number of anilines is 1. The molecule has 10 heteroatoms. The molecule has 7 nitrogen and oxygen atoms in total. The van der Waals surface area contributed by atoms with Gasteiger partial charge in [-0.1, -0.05) is 51.3 Å². The molecule has 2 heterocycles. The molecule has 0 aliphatic rings. The first-order valence-electron chi connectivity index (χ1n) is 9.69. The summed E-state index contributed by atoms with van der Waals surface area (Å²) in [6.07, 6.45) is 2.66. The Kier molecular flexibility index (Phi) is 6.98. The second-order valence-electron chi connectivity index (χ2n) is 6.88. The van der Waals surface area contributed by atoms with Crippen LogP contribution in [0, 0.1) is 11.3 Å². The minimum Gasteiger partial charge on any atom is -0.437 e. The van der Waals surface area contributed by atoms with E-state index < -0.39 is 11.5 Å². The number of carbonyl (C=O) groups excluding carboxylic acids is 1. The molecule has 0 aliphatic heterocycles. The number of amides is 1. The molecule has 2 aromatic carbocycles. The minimum atomic E-state index is -0.700. The van der Waals surface area contributed by atoms with Gasteiger partial charge in [-0.2, -0.15) is 10.2 Å². The van der Waals surface area contributed by atoms with E-state index in [2.05, 4.69) is 26.2 Å². The molecule has 1 N–H and O–H groups in total. The van der Waals surface area contributed by atoms with Crippen LogP contribution in [0.4, 0.5) is 5.69 Å². The second kappa shape index (κ2) is 10.1. The standard InChI is InChI=1S/C24H13BrCl2N4O3/c25-15-4-3-5-17(11-15)29-22(32)14(13-28)10-18-23(34-20-8-7-16(26)12-19(20)27)30-21-6-1-2-9-31(21)24(18)33/h1-12H,(H,29,32)/b14-10-. The van der Waals surface area contributed by atoms with Crippen molar-refractivity contribution < 1.29 is 9.53 Å². The van der Waals surface area contributed by atoms with Gasteiger partial charge in [0.05, 0.1) is 5.02 Å². The number of fused-ring (bicyclic) bond motifs is 1. The highest BCUT2D eigenvalue weighted by atomic mass is 79.9. The zero-order valence-corrected chi connectivity index (χ0v) is 20.2. The third kappa shape index (κ3) is 5.13. The lowest BCUT2D eigenvalue weighted by Gasteiger charge is -2.11. The molecule has 4 aromatic rings. The maximum atomic E-state index is 13.3. The molecule has 0 unspecified atom stereocenters. The minimum absolute atomic E-state index is 0.101. The molecular formula is C24H13BrCl2N4O3. The van der Waals surface area contributed by atoms with E-state index >= 15 is 0 Å². The van der Waals surface area contributed by atoms with Crippen molar-refractivity contribution in [2.45, 2.75) is 0 Å². The summed E-state index contributed by atoms with van der Waals surface area (Å²) in [6.45, 7) is 0. The van der Waals surface area contributed by atoms with E-state index in [4.69, 9.17) is 27.9 Å².